The Bertz CT molecular complexity index is 230. The molecule has 0 radical (unpaired) electrons. The number of nitrogens with zero attached hydrogens (tertiary/aromatic N) is 1. The molecule has 2 heterocycles. The predicted molar refractivity (Wildman–Crippen MR) is 71.2 cm³/mol. The first-order chi connectivity index (χ1) is 8.22. The molecule has 2 aliphatic heterocycles. The highest BCUT2D eigenvalue weighted by molar-refractivity contribution is 4.91. The van der Waals surface area contributed by atoms with Crippen LogP contribution in [-0.4, -0.2) is 49.8 Å². The average molecular weight is 240 g/mol. The number of likely N-dealkylation sites (tertiary alicyclic amines) is 1. The van der Waals surface area contributed by atoms with Crippen molar-refractivity contribution in [1.29, 1.82) is 0 Å². The van der Waals surface area contributed by atoms with Gasteiger partial charge in [0.2, 0.25) is 0 Å². The fourth-order valence-electron chi connectivity index (χ4n) is 3.24. The lowest BCUT2D eigenvalue weighted by molar-refractivity contribution is 0.00375. The van der Waals surface area contributed by atoms with Crippen LogP contribution in [0.15, 0.2) is 0 Å². The number of rotatable bonds is 4. The van der Waals surface area contributed by atoms with Crippen LogP contribution in [0.1, 0.15) is 33.6 Å². The smallest absolute Gasteiger partial charge is 0.0637 e. The summed E-state index contributed by atoms with van der Waals surface area (Å²) in [4.78, 5) is 2.66. The molecular weight excluding hydrogens is 212 g/mol. The molecule has 17 heavy (non-hydrogen) atoms. The number of hydrogen-bond donors (Lipinski definition) is 1. The molecule has 2 aliphatic rings. The molecule has 0 amide bonds. The van der Waals surface area contributed by atoms with E-state index in [1.807, 2.05) is 0 Å². The maximum atomic E-state index is 5.69. The van der Waals surface area contributed by atoms with Crippen molar-refractivity contribution in [1.82, 2.24) is 10.2 Å². The summed E-state index contributed by atoms with van der Waals surface area (Å²) in [6.45, 7) is 12.4. The largest absolute Gasteiger partial charge is 0.380 e. The van der Waals surface area contributed by atoms with E-state index >= 15 is 0 Å². The Labute approximate surface area is 106 Å². The van der Waals surface area contributed by atoms with Crippen LogP contribution in [0.2, 0.25) is 0 Å². The van der Waals surface area contributed by atoms with Gasteiger partial charge in [0.1, 0.15) is 0 Å². The van der Waals surface area contributed by atoms with Crippen molar-refractivity contribution in [2.45, 2.75) is 45.7 Å². The molecule has 3 atom stereocenters. The van der Waals surface area contributed by atoms with E-state index in [9.17, 15) is 0 Å². The van der Waals surface area contributed by atoms with Crippen LogP contribution >= 0.6 is 0 Å². The highest BCUT2D eigenvalue weighted by atomic mass is 16.5. The van der Waals surface area contributed by atoms with E-state index in [2.05, 4.69) is 31.0 Å². The second-order valence-electron chi connectivity index (χ2n) is 5.88. The van der Waals surface area contributed by atoms with Gasteiger partial charge in [0.15, 0.2) is 0 Å². The molecule has 2 fully saturated rings. The van der Waals surface area contributed by atoms with Gasteiger partial charge in [-0.25, -0.2) is 0 Å². The molecule has 100 valence electrons. The topological polar surface area (TPSA) is 24.5 Å². The van der Waals surface area contributed by atoms with Crippen LogP contribution in [0.3, 0.4) is 0 Å². The molecule has 3 heteroatoms. The van der Waals surface area contributed by atoms with E-state index in [0.29, 0.717) is 12.1 Å². The van der Waals surface area contributed by atoms with E-state index in [4.69, 9.17) is 4.74 Å². The quantitative estimate of drug-likeness (QED) is 0.810. The van der Waals surface area contributed by atoms with E-state index in [1.54, 1.807) is 0 Å². The number of ether oxygens (including phenoxy) is 1. The number of nitrogens with one attached hydrogen (secondary N) is 1. The summed E-state index contributed by atoms with van der Waals surface area (Å²) in [5.41, 5.74) is 0. The maximum absolute atomic E-state index is 5.69. The Morgan fingerprint density at radius 3 is 2.82 bits per heavy atom. The van der Waals surface area contributed by atoms with Gasteiger partial charge < -0.3 is 10.1 Å². The SMILES string of the molecule is CCNC1CCOCC1N1CCC(C(C)C)C1. The van der Waals surface area contributed by atoms with Crippen molar-refractivity contribution in [3.8, 4) is 0 Å². The second-order valence-corrected chi connectivity index (χ2v) is 5.88. The van der Waals surface area contributed by atoms with Crippen LogP contribution in [0.25, 0.3) is 0 Å². The Balaban J connectivity index is 1.91. The third kappa shape index (κ3) is 3.21. The zero-order valence-corrected chi connectivity index (χ0v) is 11.6. The molecule has 3 nitrogen and oxygen atoms in total. The van der Waals surface area contributed by atoms with E-state index in [-0.39, 0.29) is 0 Å². The Morgan fingerprint density at radius 2 is 2.18 bits per heavy atom. The lowest BCUT2D eigenvalue weighted by Crippen LogP contribution is -2.54. The molecule has 2 rings (SSSR count). The Kier molecular flexibility index (Phi) is 4.83. The molecule has 0 bridgehead atoms. The van der Waals surface area contributed by atoms with Gasteiger partial charge in [-0.2, -0.15) is 0 Å². The van der Waals surface area contributed by atoms with Crippen molar-refractivity contribution < 1.29 is 4.74 Å². The summed E-state index contributed by atoms with van der Waals surface area (Å²) in [7, 11) is 0. The van der Waals surface area contributed by atoms with E-state index in [1.165, 1.54) is 25.9 Å². The standard InChI is InChI=1S/C14H28N2O/c1-4-15-13-6-8-17-10-14(13)16-7-5-12(9-16)11(2)3/h11-15H,4-10H2,1-3H3. The van der Waals surface area contributed by atoms with Gasteiger partial charge in [-0.15, -0.1) is 0 Å². The lowest BCUT2D eigenvalue weighted by atomic mass is 9.95. The highest BCUT2D eigenvalue weighted by Gasteiger charge is 2.35. The van der Waals surface area contributed by atoms with Crippen LogP contribution in [0.4, 0.5) is 0 Å². The van der Waals surface area contributed by atoms with Crippen LogP contribution in [-0.2, 0) is 4.74 Å². The van der Waals surface area contributed by atoms with Gasteiger partial charge in [0, 0.05) is 25.2 Å². The fourth-order valence-corrected chi connectivity index (χ4v) is 3.24. The molecule has 1 N–H and O–H groups in total. The zero-order valence-electron chi connectivity index (χ0n) is 11.6. The van der Waals surface area contributed by atoms with Crippen molar-refractivity contribution in [3.63, 3.8) is 0 Å². The van der Waals surface area contributed by atoms with E-state index in [0.717, 1.165) is 31.6 Å². The Hall–Kier alpha value is -0.120. The van der Waals surface area contributed by atoms with Crippen molar-refractivity contribution >= 4 is 0 Å². The zero-order chi connectivity index (χ0) is 12.3. The second kappa shape index (κ2) is 6.17. The van der Waals surface area contributed by atoms with Crippen molar-refractivity contribution in [3.05, 3.63) is 0 Å². The number of hydrogen-bond acceptors (Lipinski definition) is 3. The van der Waals surface area contributed by atoms with E-state index < -0.39 is 0 Å². The first kappa shape index (κ1) is 13.3. The molecule has 0 aromatic carbocycles. The molecule has 0 spiro atoms. The molecule has 0 aromatic heterocycles. The Morgan fingerprint density at radius 1 is 1.35 bits per heavy atom. The average Bonchev–Trinajstić information content (AvgIpc) is 2.79. The summed E-state index contributed by atoms with van der Waals surface area (Å²) in [6, 6.07) is 1.24. The highest BCUT2D eigenvalue weighted by Crippen LogP contribution is 2.27. The molecule has 0 aromatic rings. The van der Waals surface area contributed by atoms with Crippen LogP contribution < -0.4 is 5.32 Å². The predicted octanol–water partition coefficient (Wildman–Crippen LogP) is 1.73. The minimum atomic E-state index is 0.604. The van der Waals surface area contributed by atoms with Gasteiger partial charge >= 0.3 is 0 Å². The first-order valence-electron chi connectivity index (χ1n) is 7.27. The maximum Gasteiger partial charge on any atom is 0.0637 e. The minimum Gasteiger partial charge on any atom is -0.380 e. The van der Waals surface area contributed by atoms with Gasteiger partial charge in [-0.05, 0) is 37.8 Å². The van der Waals surface area contributed by atoms with Gasteiger partial charge in [-0.1, -0.05) is 20.8 Å². The normalized spacial score (nSPS) is 35.6. The third-order valence-corrected chi connectivity index (χ3v) is 4.46. The molecule has 0 saturated carbocycles. The fraction of sp³-hybridized carbons (Fsp3) is 1.00. The van der Waals surface area contributed by atoms with Crippen molar-refractivity contribution in [2.75, 3.05) is 32.8 Å². The van der Waals surface area contributed by atoms with Gasteiger partial charge in [0.25, 0.3) is 0 Å². The monoisotopic (exact) mass is 240 g/mol. The molecule has 0 aliphatic carbocycles. The van der Waals surface area contributed by atoms with Gasteiger partial charge in [-0.3, -0.25) is 4.90 Å². The lowest BCUT2D eigenvalue weighted by Gasteiger charge is -2.38. The minimum absolute atomic E-state index is 0.604. The molecule has 2 saturated heterocycles. The van der Waals surface area contributed by atoms with Crippen LogP contribution in [0, 0.1) is 11.8 Å². The third-order valence-electron chi connectivity index (χ3n) is 4.46. The summed E-state index contributed by atoms with van der Waals surface area (Å²) < 4.78 is 5.69. The van der Waals surface area contributed by atoms with Crippen molar-refractivity contribution in [2.24, 2.45) is 11.8 Å². The number of likely N-dealkylation sites (N-methyl/N-ethyl adjacent to an activating group) is 1. The van der Waals surface area contributed by atoms with Crippen LogP contribution in [0.5, 0.6) is 0 Å². The molecule has 3 unspecified atom stereocenters. The summed E-state index contributed by atoms with van der Waals surface area (Å²) in [6.07, 6.45) is 2.54. The summed E-state index contributed by atoms with van der Waals surface area (Å²) in [5.74, 6) is 1.71. The summed E-state index contributed by atoms with van der Waals surface area (Å²) >= 11 is 0. The summed E-state index contributed by atoms with van der Waals surface area (Å²) in [5, 5.41) is 3.63. The van der Waals surface area contributed by atoms with Gasteiger partial charge in [0.05, 0.1) is 6.61 Å². The first-order valence-corrected chi connectivity index (χ1v) is 7.27. The molecular formula is C14H28N2O.